The van der Waals surface area contributed by atoms with Gasteiger partial charge in [-0.3, -0.25) is 0 Å². The topological polar surface area (TPSA) is 62.9 Å². The third-order valence-corrected chi connectivity index (χ3v) is 3.73. The van der Waals surface area contributed by atoms with Crippen molar-refractivity contribution in [3.8, 4) is 17.2 Å². The Balaban J connectivity index is 1.53. The molecule has 5 heteroatoms. The Kier molecular flexibility index (Phi) is 4.28. The fourth-order valence-corrected chi connectivity index (χ4v) is 2.62. The SMILES string of the molecule is NCc1cc2c(cc1OCCCC1CCCO1)OCO2. The first kappa shape index (κ1) is 13.5. The van der Waals surface area contributed by atoms with Crippen molar-refractivity contribution in [3.63, 3.8) is 0 Å². The Morgan fingerprint density at radius 2 is 2.10 bits per heavy atom. The zero-order valence-electron chi connectivity index (χ0n) is 11.6. The molecular weight excluding hydrogens is 258 g/mol. The Morgan fingerprint density at radius 1 is 1.25 bits per heavy atom. The van der Waals surface area contributed by atoms with E-state index in [1.807, 2.05) is 12.1 Å². The van der Waals surface area contributed by atoms with Crippen LogP contribution in [0.15, 0.2) is 12.1 Å². The molecule has 1 fully saturated rings. The second kappa shape index (κ2) is 6.33. The predicted octanol–water partition coefficient (Wildman–Crippen LogP) is 2.21. The first-order chi connectivity index (χ1) is 9.86. The molecule has 0 aliphatic carbocycles. The summed E-state index contributed by atoms with van der Waals surface area (Å²) in [5.74, 6) is 2.28. The van der Waals surface area contributed by atoms with Crippen molar-refractivity contribution in [2.45, 2.75) is 38.3 Å². The van der Waals surface area contributed by atoms with Crippen molar-refractivity contribution in [2.75, 3.05) is 20.0 Å². The monoisotopic (exact) mass is 279 g/mol. The van der Waals surface area contributed by atoms with Gasteiger partial charge in [0.05, 0.1) is 12.7 Å². The van der Waals surface area contributed by atoms with Gasteiger partial charge in [0.15, 0.2) is 11.5 Å². The van der Waals surface area contributed by atoms with Crippen LogP contribution in [0.3, 0.4) is 0 Å². The average molecular weight is 279 g/mol. The van der Waals surface area contributed by atoms with E-state index in [-0.39, 0.29) is 6.79 Å². The molecule has 0 bridgehead atoms. The Labute approximate surface area is 118 Å². The van der Waals surface area contributed by atoms with Crippen molar-refractivity contribution in [3.05, 3.63) is 17.7 Å². The molecule has 1 atom stereocenters. The molecule has 1 unspecified atom stereocenters. The Hall–Kier alpha value is -1.46. The molecule has 2 N–H and O–H groups in total. The largest absolute Gasteiger partial charge is 0.493 e. The lowest BCUT2D eigenvalue weighted by Gasteiger charge is -2.13. The summed E-state index contributed by atoms with van der Waals surface area (Å²) in [6, 6.07) is 3.77. The van der Waals surface area contributed by atoms with Crippen LogP contribution < -0.4 is 19.9 Å². The maximum absolute atomic E-state index is 5.84. The molecule has 0 aromatic heterocycles. The van der Waals surface area contributed by atoms with Gasteiger partial charge in [0.1, 0.15) is 5.75 Å². The fourth-order valence-electron chi connectivity index (χ4n) is 2.62. The van der Waals surface area contributed by atoms with E-state index < -0.39 is 0 Å². The van der Waals surface area contributed by atoms with E-state index in [4.69, 9.17) is 24.7 Å². The van der Waals surface area contributed by atoms with Crippen LogP contribution >= 0.6 is 0 Å². The molecule has 0 spiro atoms. The number of hydrogen-bond donors (Lipinski definition) is 1. The minimum atomic E-state index is 0.266. The molecule has 3 rings (SSSR count). The summed E-state index contributed by atoms with van der Waals surface area (Å²) < 4.78 is 22.1. The molecule has 110 valence electrons. The summed E-state index contributed by atoms with van der Waals surface area (Å²) in [5.41, 5.74) is 6.70. The number of benzene rings is 1. The van der Waals surface area contributed by atoms with Crippen molar-refractivity contribution in [1.82, 2.24) is 0 Å². The average Bonchev–Trinajstić information content (AvgIpc) is 3.13. The summed E-state index contributed by atoms with van der Waals surface area (Å²) >= 11 is 0. The second-order valence-electron chi connectivity index (χ2n) is 5.14. The minimum absolute atomic E-state index is 0.266. The highest BCUT2D eigenvalue weighted by atomic mass is 16.7. The maximum Gasteiger partial charge on any atom is 0.231 e. The molecule has 1 aromatic rings. The highest BCUT2D eigenvalue weighted by molar-refractivity contribution is 5.51. The predicted molar refractivity (Wildman–Crippen MR) is 74.2 cm³/mol. The smallest absolute Gasteiger partial charge is 0.231 e. The van der Waals surface area contributed by atoms with E-state index in [9.17, 15) is 0 Å². The number of nitrogens with two attached hydrogens (primary N) is 1. The number of ether oxygens (including phenoxy) is 4. The van der Waals surface area contributed by atoms with E-state index in [1.54, 1.807) is 0 Å². The van der Waals surface area contributed by atoms with Crippen LogP contribution in [-0.4, -0.2) is 26.1 Å². The van der Waals surface area contributed by atoms with Crippen LogP contribution in [0.2, 0.25) is 0 Å². The fraction of sp³-hybridized carbons (Fsp3) is 0.600. The van der Waals surface area contributed by atoms with E-state index in [1.165, 1.54) is 12.8 Å². The van der Waals surface area contributed by atoms with Gasteiger partial charge in [-0.05, 0) is 31.7 Å². The number of rotatable bonds is 6. The van der Waals surface area contributed by atoms with Crippen LogP contribution in [0.1, 0.15) is 31.2 Å². The molecule has 20 heavy (non-hydrogen) atoms. The zero-order valence-corrected chi connectivity index (χ0v) is 11.6. The highest BCUT2D eigenvalue weighted by Crippen LogP contribution is 2.38. The van der Waals surface area contributed by atoms with Crippen LogP contribution in [-0.2, 0) is 11.3 Å². The van der Waals surface area contributed by atoms with Crippen molar-refractivity contribution < 1.29 is 18.9 Å². The molecule has 1 saturated heterocycles. The lowest BCUT2D eigenvalue weighted by atomic mass is 10.1. The van der Waals surface area contributed by atoms with Gasteiger partial charge < -0.3 is 24.7 Å². The van der Waals surface area contributed by atoms with Gasteiger partial charge in [-0.1, -0.05) is 0 Å². The van der Waals surface area contributed by atoms with E-state index in [2.05, 4.69) is 0 Å². The van der Waals surface area contributed by atoms with Crippen molar-refractivity contribution >= 4 is 0 Å². The van der Waals surface area contributed by atoms with Crippen LogP contribution in [0.25, 0.3) is 0 Å². The van der Waals surface area contributed by atoms with E-state index in [0.29, 0.717) is 19.3 Å². The molecule has 1 aromatic carbocycles. The van der Waals surface area contributed by atoms with Gasteiger partial charge in [0.2, 0.25) is 6.79 Å². The van der Waals surface area contributed by atoms with Gasteiger partial charge in [-0.25, -0.2) is 0 Å². The number of hydrogen-bond acceptors (Lipinski definition) is 5. The molecule has 0 saturated carbocycles. The van der Waals surface area contributed by atoms with Gasteiger partial charge in [-0.15, -0.1) is 0 Å². The summed E-state index contributed by atoms with van der Waals surface area (Å²) in [6.07, 6.45) is 4.83. The number of fused-ring (bicyclic) bond motifs is 1. The molecule has 2 aliphatic rings. The summed E-state index contributed by atoms with van der Waals surface area (Å²) in [4.78, 5) is 0. The molecule has 0 amide bonds. The second-order valence-corrected chi connectivity index (χ2v) is 5.14. The standard InChI is InChI=1S/C15H21NO4/c16-9-11-7-14-15(20-10-19-14)8-13(11)18-6-2-4-12-3-1-5-17-12/h7-8,12H,1-6,9-10,16H2. The third kappa shape index (κ3) is 2.99. The van der Waals surface area contributed by atoms with Crippen LogP contribution in [0.4, 0.5) is 0 Å². The molecule has 0 radical (unpaired) electrons. The van der Waals surface area contributed by atoms with Gasteiger partial charge >= 0.3 is 0 Å². The Morgan fingerprint density at radius 3 is 2.85 bits per heavy atom. The zero-order chi connectivity index (χ0) is 13.8. The quantitative estimate of drug-likeness (QED) is 0.809. The van der Waals surface area contributed by atoms with Gasteiger partial charge in [0.25, 0.3) is 0 Å². The molecule has 2 heterocycles. The van der Waals surface area contributed by atoms with E-state index >= 15 is 0 Å². The normalized spacial score (nSPS) is 20.4. The molecule has 2 aliphatic heterocycles. The maximum atomic E-state index is 5.84. The molecular formula is C15H21NO4. The van der Waals surface area contributed by atoms with Crippen LogP contribution in [0.5, 0.6) is 17.2 Å². The Bertz CT molecular complexity index is 457. The summed E-state index contributed by atoms with van der Waals surface area (Å²) in [6.45, 7) is 2.27. The van der Waals surface area contributed by atoms with Gasteiger partial charge in [-0.2, -0.15) is 0 Å². The van der Waals surface area contributed by atoms with Crippen LogP contribution in [0, 0.1) is 0 Å². The minimum Gasteiger partial charge on any atom is -0.493 e. The lowest BCUT2D eigenvalue weighted by Crippen LogP contribution is -2.09. The third-order valence-electron chi connectivity index (χ3n) is 3.73. The summed E-state index contributed by atoms with van der Waals surface area (Å²) in [7, 11) is 0. The highest BCUT2D eigenvalue weighted by Gasteiger charge is 2.18. The lowest BCUT2D eigenvalue weighted by molar-refractivity contribution is 0.0980. The van der Waals surface area contributed by atoms with Crippen molar-refractivity contribution in [1.29, 1.82) is 0 Å². The van der Waals surface area contributed by atoms with Crippen molar-refractivity contribution in [2.24, 2.45) is 5.73 Å². The summed E-state index contributed by atoms with van der Waals surface area (Å²) in [5, 5.41) is 0. The first-order valence-electron chi connectivity index (χ1n) is 7.24. The van der Waals surface area contributed by atoms with Gasteiger partial charge in [0, 0.05) is 24.8 Å². The first-order valence-corrected chi connectivity index (χ1v) is 7.24. The van der Waals surface area contributed by atoms with E-state index in [0.717, 1.165) is 42.3 Å². The molecule has 5 nitrogen and oxygen atoms in total.